The van der Waals surface area contributed by atoms with Gasteiger partial charge in [-0.15, -0.1) is 0 Å². The lowest BCUT2D eigenvalue weighted by atomic mass is 9.79. The average molecular weight is 1280 g/mol. The van der Waals surface area contributed by atoms with E-state index in [1.165, 1.54) is 21.3 Å². The number of hydrogen-bond donors (Lipinski definition) is 5. The summed E-state index contributed by atoms with van der Waals surface area (Å²) in [5.74, 6) is 0.819. The zero-order valence-electron chi connectivity index (χ0n) is 56.3. The molecule has 0 unspecified atom stereocenters. The number of aromatic amines is 2. The molecule has 0 aliphatic carbocycles. The lowest BCUT2D eigenvalue weighted by Gasteiger charge is -2.32. The summed E-state index contributed by atoms with van der Waals surface area (Å²) in [6, 6.07) is 26.7. The molecule has 0 radical (unpaired) electrons. The van der Waals surface area contributed by atoms with Crippen LogP contribution in [0.15, 0.2) is 109 Å². The number of H-pyrrole nitrogens is 2. The number of amides is 6. The minimum atomic E-state index is -0.692. The van der Waals surface area contributed by atoms with E-state index in [-0.39, 0.29) is 64.8 Å². The summed E-state index contributed by atoms with van der Waals surface area (Å²) in [5, 5.41) is 10.4. The Balaban J connectivity index is 0.000000229. The van der Waals surface area contributed by atoms with Gasteiger partial charge in [0.1, 0.15) is 29.8 Å². The Bertz CT molecular complexity index is 3790. The minimum absolute atomic E-state index is 0.0764. The van der Waals surface area contributed by atoms with Gasteiger partial charge in [0, 0.05) is 38.0 Å². The van der Waals surface area contributed by atoms with E-state index in [0.717, 1.165) is 117 Å². The number of carbonyl (C=O) groups excluding carboxylic acids is 6. The van der Waals surface area contributed by atoms with Crippen LogP contribution in [0.4, 0.5) is 14.4 Å². The number of carbonyl (C=O) groups is 6. The average Bonchev–Trinajstić information content (AvgIpc) is 1.43. The van der Waals surface area contributed by atoms with Crippen LogP contribution in [0.2, 0.25) is 0 Å². The van der Waals surface area contributed by atoms with Crippen molar-refractivity contribution in [1.82, 2.24) is 50.6 Å². The molecule has 2 aromatic heterocycles. The van der Waals surface area contributed by atoms with Crippen LogP contribution in [0.3, 0.4) is 0 Å². The molecule has 23 heteroatoms. The lowest BCUT2D eigenvalue weighted by Crippen LogP contribution is -2.53. The van der Waals surface area contributed by atoms with E-state index in [0.29, 0.717) is 26.1 Å². The first kappa shape index (κ1) is 68.0. The molecule has 5 aliphatic rings. The lowest BCUT2D eigenvalue weighted by molar-refractivity contribution is -0.136. The predicted octanol–water partition coefficient (Wildman–Crippen LogP) is 10.9. The highest BCUT2D eigenvalue weighted by atomic mass is 16.7. The van der Waals surface area contributed by atoms with Crippen LogP contribution >= 0.6 is 0 Å². The second kappa shape index (κ2) is 28.8. The van der Waals surface area contributed by atoms with Crippen LogP contribution in [0.25, 0.3) is 50.0 Å². The Morgan fingerprint density at radius 1 is 0.532 bits per heavy atom. The number of nitrogens with one attached hydrogen (secondary N) is 5. The first-order chi connectivity index (χ1) is 44.9. The molecule has 0 saturated carbocycles. The van der Waals surface area contributed by atoms with Crippen LogP contribution in [-0.2, 0) is 37.9 Å². The summed E-state index contributed by atoms with van der Waals surface area (Å²) in [6.45, 7) is 21.5. The topological polar surface area (TPSA) is 264 Å². The van der Waals surface area contributed by atoms with Gasteiger partial charge < -0.3 is 64.1 Å². The molecular weight excluding hydrogens is 1190 g/mol. The van der Waals surface area contributed by atoms with E-state index >= 15 is 0 Å². The molecule has 4 fully saturated rings. The molecule has 498 valence electrons. The van der Waals surface area contributed by atoms with Crippen molar-refractivity contribution in [2.75, 3.05) is 41.0 Å². The van der Waals surface area contributed by atoms with Crippen molar-refractivity contribution in [3.8, 4) is 33.6 Å². The molecule has 5 N–H and O–H groups in total. The molecule has 7 heterocycles. The van der Waals surface area contributed by atoms with Crippen molar-refractivity contribution in [2.24, 2.45) is 22.7 Å². The molecule has 94 heavy (non-hydrogen) atoms. The highest BCUT2D eigenvalue weighted by molar-refractivity contribution is 6.62. The second-order valence-electron chi connectivity index (χ2n) is 27.0. The summed E-state index contributed by atoms with van der Waals surface area (Å²) in [6.07, 6.45) is 9.37. The number of allylic oxidation sites excluding steroid dienone is 1. The molecule has 0 bridgehead atoms. The van der Waals surface area contributed by atoms with E-state index in [9.17, 15) is 28.8 Å². The highest BCUT2D eigenvalue weighted by Crippen LogP contribution is 2.41. The molecule has 11 rings (SSSR count). The smallest absolute Gasteiger partial charge is 0.453 e. The number of alkyl carbamates (subject to hydrolysis) is 3. The maximum Gasteiger partial charge on any atom is 0.494 e. The van der Waals surface area contributed by atoms with Crippen molar-refractivity contribution in [1.29, 1.82) is 0 Å². The molecule has 4 saturated heterocycles. The zero-order chi connectivity index (χ0) is 67.3. The predicted molar refractivity (Wildman–Crippen MR) is 361 cm³/mol. The number of fused-ring (bicyclic) bond motifs is 1. The van der Waals surface area contributed by atoms with Crippen molar-refractivity contribution >= 4 is 70.6 Å². The van der Waals surface area contributed by atoms with Gasteiger partial charge in [-0.25, -0.2) is 24.4 Å². The third-order valence-electron chi connectivity index (χ3n) is 19.3. The number of rotatable bonds is 17. The van der Waals surface area contributed by atoms with Gasteiger partial charge in [-0.1, -0.05) is 126 Å². The van der Waals surface area contributed by atoms with Crippen molar-refractivity contribution < 1.29 is 52.3 Å². The number of aromatic nitrogens is 4. The third-order valence-corrected chi connectivity index (χ3v) is 19.3. The Morgan fingerprint density at radius 3 is 1.34 bits per heavy atom. The largest absolute Gasteiger partial charge is 0.494 e. The molecule has 6 aromatic rings. The maximum absolute atomic E-state index is 13.7. The second-order valence-corrected chi connectivity index (χ2v) is 27.0. The van der Waals surface area contributed by atoms with Gasteiger partial charge in [0.2, 0.25) is 17.7 Å². The molecule has 0 spiro atoms. The first-order valence-electron chi connectivity index (χ1n) is 32.8. The van der Waals surface area contributed by atoms with Gasteiger partial charge in [-0.05, 0) is 134 Å². The van der Waals surface area contributed by atoms with Crippen molar-refractivity contribution in [3.63, 3.8) is 0 Å². The monoisotopic (exact) mass is 1280 g/mol. The summed E-state index contributed by atoms with van der Waals surface area (Å²) in [5.41, 5.74) is 9.26. The number of likely N-dealkylation sites (tertiary alicyclic amines) is 3. The molecule has 4 aromatic carbocycles. The SMILES string of the molecule is COC(=O)N[C@H](C(=O)N1CCC[C@H]1C1=NC=C(c2ccc(-c3ccc(-c4cnc([C@@H]5CCCN5C(=O)[C@@H](NC(=O)OC)C(C)C)[nH]4)cc3)c3ccccc23)C1)C(C)C.COC(=O)N[C@H](C(=O)N1CCC[C@H]1c1ncc(-c2ccc(B3OC(C)(C)C(C)(C)O3)cc2)[nH]1)C(C)C. The fraction of sp³-hybridized carbons (Fsp3) is 0.479. The Kier molecular flexibility index (Phi) is 20.9. The van der Waals surface area contributed by atoms with Crippen LogP contribution in [0, 0.1) is 17.8 Å². The number of imidazole rings is 2. The number of ether oxygens (including phenoxy) is 3. The van der Waals surface area contributed by atoms with Gasteiger partial charge in [-0.3, -0.25) is 19.4 Å². The van der Waals surface area contributed by atoms with Gasteiger partial charge in [-0.2, -0.15) is 0 Å². The van der Waals surface area contributed by atoms with Crippen LogP contribution in [-0.4, -0.2) is 160 Å². The fourth-order valence-corrected chi connectivity index (χ4v) is 13.2. The van der Waals surface area contributed by atoms with E-state index in [1.807, 2.05) is 121 Å². The third kappa shape index (κ3) is 14.4. The number of hydrogen-bond acceptors (Lipinski definition) is 14. The number of nitrogens with zero attached hydrogens (tertiary/aromatic N) is 6. The summed E-state index contributed by atoms with van der Waals surface area (Å²) in [7, 11) is 3.48. The number of benzene rings is 4. The highest BCUT2D eigenvalue weighted by Gasteiger charge is 2.52. The fourth-order valence-electron chi connectivity index (χ4n) is 13.2. The zero-order valence-corrected chi connectivity index (χ0v) is 56.3. The van der Waals surface area contributed by atoms with Crippen molar-refractivity contribution in [2.45, 2.75) is 162 Å². The minimum Gasteiger partial charge on any atom is -0.453 e. The van der Waals surface area contributed by atoms with E-state index in [4.69, 9.17) is 33.5 Å². The molecular formula is C71H90BN11O11. The van der Waals surface area contributed by atoms with Crippen LogP contribution < -0.4 is 21.4 Å². The van der Waals surface area contributed by atoms with Crippen LogP contribution in [0.5, 0.6) is 0 Å². The molecule has 6 amide bonds. The van der Waals surface area contributed by atoms with Crippen molar-refractivity contribution in [3.05, 3.63) is 121 Å². The van der Waals surface area contributed by atoms with Gasteiger partial charge in [0.25, 0.3) is 0 Å². The number of methoxy groups -OCH3 is 3. The van der Waals surface area contributed by atoms with Gasteiger partial charge in [0.05, 0.1) is 74.4 Å². The summed E-state index contributed by atoms with van der Waals surface area (Å²) < 4.78 is 26.6. The summed E-state index contributed by atoms with van der Waals surface area (Å²) >= 11 is 0. The van der Waals surface area contributed by atoms with Gasteiger partial charge >= 0.3 is 25.4 Å². The van der Waals surface area contributed by atoms with Crippen LogP contribution in [0.1, 0.15) is 143 Å². The molecule has 5 aliphatic heterocycles. The first-order valence-corrected chi connectivity index (χ1v) is 32.8. The Hall–Kier alpha value is -8.83. The number of aliphatic imine (C=N–C) groups is 1. The Labute approximate surface area is 550 Å². The standard InChI is InChI=1S/C45H53N7O6.C26H37BN4O5/c1-26(2)39(49-44(55)57-5)42(53)51-21-9-13-37(51)35-23-30(24-46-35)32-20-19-31(33-11-7-8-12-34(32)33)28-15-17-29(18-16-28)36-25-47-41(48-36)38-14-10-22-52(38)43(54)40(27(3)4)50-45(56)58-6;1-16(2)21(30-24(33)34-7)23(32)31-14-8-9-20(31)22-28-15-19(29-22)17-10-12-18(13-11-17)27-35-25(3,4)26(5,6)36-27/h7-8,11-12,15-20,24-27,37-40H,9-10,13-14,21-23H2,1-6H3,(H,47,48)(H,49,55)(H,50,56);10-13,15-16,20-21H,8-9,14H2,1-7H3,(H,28,29)(H,30,33)/t37-,38-,39-,40-;20-,21-/m00/s1. The summed E-state index contributed by atoms with van der Waals surface area (Å²) in [4.78, 5) is 103. The Morgan fingerprint density at radius 2 is 0.915 bits per heavy atom. The quantitative estimate of drug-likeness (QED) is 0.0421. The van der Waals surface area contributed by atoms with E-state index in [2.05, 4.69) is 91.6 Å². The normalized spacial score (nSPS) is 20.0. The molecule has 22 nitrogen and oxygen atoms in total. The molecule has 6 atom stereocenters. The van der Waals surface area contributed by atoms with E-state index < -0.39 is 43.5 Å². The maximum atomic E-state index is 13.7. The van der Waals surface area contributed by atoms with E-state index in [1.54, 1.807) is 6.20 Å². The van der Waals surface area contributed by atoms with Gasteiger partial charge in [0.15, 0.2) is 0 Å².